The van der Waals surface area contributed by atoms with Crippen molar-refractivity contribution in [2.24, 2.45) is 5.73 Å². The first kappa shape index (κ1) is 16.8. The van der Waals surface area contributed by atoms with Gasteiger partial charge in [-0.2, -0.15) is 0 Å². The fourth-order valence-corrected chi connectivity index (χ4v) is 3.02. The van der Waals surface area contributed by atoms with Gasteiger partial charge in [-0.25, -0.2) is 0 Å². The zero-order valence-electron chi connectivity index (χ0n) is 12.5. The van der Waals surface area contributed by atoms with Gasteiger partial charge in [0, 0.05) is 43.3 Å². The largest absolute Gasteiger partial charge is 0.337 e. The Bertz CT molecular complexity index is 547. The van der Waals surface area contributed by atoms with Gasteiger partial charge in [-0.1, -0.05) is 0 Å². The predicted molar refractivity (Wildman–Crippen MR) is 88.4 cm³/mol. The first-order chi connectivity index (χ1) is 10.1. The Morgan fingerprint density at radius 1 is 1.14 bits per heavy atom. The number of carbonyl (C=O) groups excluding carboxylic acids is 2. The number of amides is 2. The molecule has 2 heterocycles. The van der Waals surface area contributed by atoms with E-state index in [1.165, 1.54) is 0 Å². The van der Waals surface area contributed by atoms with Crippen molar-refractivity contribution >= 4 is 29.9 Å². The van der Waals surface area contributed by atoms with E-state index in [9.17, 15) is 9.59 Å². The highest BCUT2D eigenvalue weighted by Gasteiger charge is 2.25. The molecule has 2 fully saturated rings. The van der Waals surface area contributed by atoms with Crippen LogP contribution in [0.25, 0.3) is 0 Å². The van der Waals surface area contributed by atoms with Crippen LogP contribution in [0.3, 0.4) is 0 Å². The summed E-state index contributed by atoms with van der Waals surface area (Å²) in [4.78, 5) is 27.8. The van der Waals surface area contributed by atoms with E-state index in [1.807, 2.05) is 29.2 Å². The van der Waals surface area contributed by atoms with E-state index >= 15 is 0 Å². The molecule has 5 nitrogen and oxygen atoms in total. The average Bonchev–Trinajstić information content (AvgIpc) is 2.94. The minimum Gasteiger partial charge on any atom is -0.337 e. The summed E-state index contributed by atoms with van der Waals surface area (Å²) in [5.74, 6) is 0.199. The van der Waals surface area contributed by atoms with Crippen LogP contribution in [0.5, 0.6) is 0 Å². The number of nitrogens with zero attached hydrogens (tertiary/aromatic N) is 2. The number of anilines is 1. The number of likely N-dealkylation sites (tertiary alicyclic amines) is 1. The summed E-state index contributed by atoms with van der Waals surface area (Å²) in [5.41, 5.74) is 7.39. The maximum absolute atomic E-state index is 12.3. The molecule has 2 saturated heterocycles. The minimum atomic E-state index is 0. The Morgan fingerprint density at radius 3 is 2.45 bits per heavy atom. The highest BCUT2D eigenvalue weighted by atomic mass is 35.5. The van der Waals surface area contributed by atoms with E-state index in [-0.39, 0.29) is 30.3 Å². The molecule has 0 aliphatic carbocycles. The Labute approximate surface area is 136 Å². The predicted octanol–water partition coefficient (Wildman–Crippen LogP) is 1.80. The molecule has 0 spiro atoms. The fourth-order valence-electron chi connectivity index (χ4n) is 3.02. The number of piperidine rings is 1. The molecule has 2 N–H and O–H groups in total. The Morgan fingerprint density at radius 2 is 1.86 bits per heavy atom. The normalized spacial score (nSPS) is 21.7. The Hall–Kier alpha value is -1.59. The average molecular weight is 324 g/mol. The third kappa shape index (κ3) is 3.42. The van der Waals surface area contributed by atoms with Crippen molar-refractivity contribution in [3.8, 4) is 0 Å². The van der Waals surface area contributed by atoms with E-state index in [0.29, 0.717) is 18.5 Å². The van der Waals surface area contributed by atoms with Gasteiger partial charge in [0.05, 0.1) is 0 Å². The summed E-state index contributed by atoms with van der Waals surface area (Å²) in [5, 5.41) is 0. The molecule has 1 aromatic carbocycles. The number of halogens is 1. The molecular weight excluding hydrogens is 302 g/mol. The maximum atomic E-state index is 12.3. The van der Waals surface area contributed by atoms with E-state index in [2.05, 4.69) is 0 Å². The fraction of sp³-hybridized carbons (Fsp3) is 0.500. The van der Waals surface area contributed by atoms with Crippen molar-refractivity contribution in [2.75, 3.05) is 24.5 Å². The summed E-state index contributed by atoms with van der Waals surface area (Å²) in [7, 11) is 0. The van der Waals surface area contributed by atoms with Crippen LogP contribution in [0, 0.1) is 0 Å². The smallest absolute Gasteiger partial charge is 0.253 e. The number of benzene rings is 1. The second-order valence-corrected chi connectivity index (χ2v) is 5.85. The molecule has 2 aliphatic heterocycles. The molecule has 1 atom stereocenters. The van der Waals surface area contributed by atoms with Crippen LogP contribution in [0.2, 0.25) is 0 Å². The van der Waals surface area contributed by atoms with Crippen molar-refractivity contribution < 1.29 is 9.59 Å². The molecule has 0 radical (unpaired) electrons. The molecule has 6 heteroatoms. The second-order valence-electron chi connectivity index (χ2n) is 5.85. The minimum absolute atomic E-state index is 0. The van der Waals surface area contributed by atoms with E-state index in [0.717, 1.165) is 38.0 Å². The number of rotatable bonds is 2. The molecule has 22 heavy (non-hydrogen) atoms. The summed E-state index contributed by atoms with van der Waals surface area (Å²) in [6, 6.07) is 7.45. The molecule has 120 valence electrons. The topological polar surface area (TPSA) is 66.6 Å². The van der Waals surface area contributed by atoms with Gasteiger partial charge < -0.3 is 15.5 Å². The van der Waals surface area contributed by atoms with E-state index in [4.69, 9.17) is 5.73 Å². The third-order valence-electron chi connectivity index (χ3n) is 4.26. The van der Waals surface area contributed by atoms with Crippen molar-refractivity contribution in [1.82, 2.24) is 4.90 Å². The highest BCUT2D eigenvalue weighted by molar-refractivity contribution is 5.97. The summed E-state index contributed by atoms with van der Waals surface area (Å²) >= 11 is 0. The summed E-state index contributed by atoms with van der Waals surface area (Å²) in [6.07, 6.45) is 3.50. The summed E-state index contributed by atoms with van der Waals surface area (Å²) < 4.78 is 0. The highest BCUT2D eigenvalue weighted by Crippen LogP contribution is 2.22. The Kier molecular flexibility index (Phi) is 5.42. The lowest BCUT2D eigenvalue weighted by Gasteiger charge is -2.27. The Balaban J connectivity index is 0.00000176. The van der Waals surface area contributed by atoms with Crippen LogP contribution in [0.4, 0.5) is 5.69 Å². The molecule has 0 bridgehead atoms. The second kappa shape index (κ2) is 7.11. The lowest BCUT2D eigenvalue weighted by molar-refractivity contribution is -0.119. The maximum Gasteiger partial charge on any atom is 0.253 e. The van der Waals surface area contributed by atoms with Crippen molar-refractivity contribution in [2.45, 2.75) is 31.7 Å². The van der Waals surface area contributed by atoms with Gasteiger partial charge in [0.25, 0.3) is 5.91 Å². The van der Waals surface area contributed by atoms with Gasteiger partial charge in [0.1, 0.15) is 0 Å². The summed E-state index contributed by atoms with van der Waals surface area (Å²) in [6.45, 7) is 2.13. The third-order valence-corrected chi connectivity index (χ3v) is 4.26. The van der Waals surface area contributed by atoms with Crippen LogP contribution in [-0.4, -0.2) is 42.4 Å². The van der Waals surface area contributed by atoms with Gasteiger partial charge in [-0.05, 0) is 43.5 Å². The van der Waals surface area contributed by atoms with Gasteiger partial charge in [-0.15, -0.1) is 12.4 Å². The molecule has 3 rings (SSSR count). The first-order valence-electron chi connectivity index (χ1n) is 7.60. The lowest BCUT2D eigenvalue weighted by atomic mass is 10.1. The molecule has 2 amide bonds. The number of nitrogens with two attached hydrogens (primary N) is 1. The molecule has 0 saturated carbocycles. The van der Waals surface area contributed by atoms with Gasteiger partial charge in [0.2, 0.25) is 5.91 Å². The van der Waals surface area contributed by atoms with Gasteiger partial charge >= 0.3 is 0 Å². The van der Waals surface area contributed by atoms with Crippen molar-refractivity contribution in [3.63, 3.8) is 0 Å². The van der Waals surface area contributed by atoms with Crippen LogP contribution < -0.4 is 10.6 Å². The number of carbonyl (C=O) groups is 2. The monoisotopic (exact) mass is 323 g/mol. The van der Waals surface area contributed by atoms with Crippen LogP contribution in [0.15, 0.2) is 24.3 Å². The van der Waals surface area contributed by atoms with Crippen molar-refractivity contribution in [1.29, 1.82) is 0 Å². The zero-order valence-corrected chi connectivity index (χ0v) is 13.3. The zero-order chi connectivity index (χ0) is 14.8. The molecule has 0 aromatic heterocycles. The van der Waals surface area contributed by atoms with Gasteiger partial charge in [0.15, 0.2) is 0 Å². The van der Waals surface area contributed by atoms with Gasteiger partial charge in [-0.3, -0.25) is 9.59 Å². The van der Waals surface area contributed by atoms with E-state index in [1.54, 1.807) is 4.90 Å². The van der Waals surface area contributed by atoms with Crippen molar-refractivity contribution in [3.05, 3.63) is 29.8 Å². The van der Waals surface area contributed by atoms with E-state index < -0.39 is 0 Å². The van der Waals surface area contributed by atoms with Crippen LogP contribution in [-0.2, 0) is 4.79 Å². The molecule has 2 aliphatic rings. The molecular formula is C16H22ClN3O2. The molecule has 1 aromatic rings. The number of hydrogen-bond donors (Lipinski definition) is 1. The number of hydrogen-bond acceptors (Lipinski definition) is 3. The van der Waals surface area contributed by atoms with Crippen LogP contribution in [0.1, 0.15) is 36.0 Å². The molecule has 0 unspecified atom stereocenters. The lowest BCUT2D eigenvalue weighted by Crippen LogP contribution is -2.35. The standard InChI is InChI=1S/C16H21N3O2.ClH/c17-13-8-10-18(11-13)16(21)12-4-6-14(7-5-12)19-9-2-1-3-15(19)20;/h4-7,13H,1-3,8-11,17H2;1H/t13-;/m1./s1. The SMILES string of the molecule is Cl.N[C@@H]1CCN(C(=O)c2ccc(N3CCCCC3=O)cc2)C1. The first-order valence-corrected chi connectivity index (χ1v) is 7.60. The quantitative estimate of drug-likeness (QED) is 0.902. The van der Waals surface area contributed by atoms with Crippen LogP contribution >= 0.6 is 12.4 Å².